The molecule has 0 saturated carbocycles. The maximum absolute atomic E-state index is 12.3. The molecule has 1 atom stereocenters. The number of aliphatic hydroxyl groups is 1. The molecule has 2 N–H and O–H groups in total. The number of aromatic hydroxyl groups is 1. The number of ether oxygens (including phenoxy) is 2. The van der Waals surface area contributed by atoms with Crippen LogP contribution in [0, 0.1) is 0 Å². The van der Waals surface area contributed by atoms with Gasteiger partial charge in [0.15, 0.2) is 6.61 Å². The minimum absolute atomic E-state index is 0.0184. The van der Waals surface area contributed by atoms with E-state index in [1.807, 2.05) is 0 Å². The van der Waals surface area contributed by atoms with Crippen molar-refractivity contribution in [1.29, 1.82) is 0 Å². The van der Waals surface area contributed by atoms with Crippen molar-refractivity contribution in [3.05, 3.63) is 54.1 Å². The van der Waals surface area contributed by atoms with Gasteiger partial charge < -0.3 is 24.6 Å². The average molecular weight is 343 g/mol. The fourth-order valence-electron chi connectivity index (χ4n) is 2.70. The molecule has 132 valence electrons. The molecule has 1 fully saturated rings. The van der Waals surface area contributed by atoms with Gasteiger partial charge in [-0.1, -0.05) is 12.1 Å². The van der Waals surface area contributed by atoms with Gasteiger partial charge in [0.05, 0.1) is 13.2 Å². The zero-order valence-corrected chi connectivity index (χ0v) is 13.8. The van der Waals surface area contributed by atoms with Crippen LogP contribution in [-0.2, 0) is 11.4 Å². The van der Waals surface area contributed by atoms with Crippen LogP contribution in [0.2, 0.25) is 0 Å². The van der Waals surface area contributed by atoms with Crippen molar-refractivity contribution >= 4 is 5.91 Å². The highest BCUT2D eigenvalue weighted by molar-refractivity contribution is 5.78. The van der Waals surface area contributed by atoms with E-state index in [1.165, 1.54) is 0 Å². The zero-order chi connectivity index (χ0) is 17.6. The largest absolute Gasteiger partial charge is 0.508 e. The minimum Gasteiger partial charge on any atom is -0.508 e. The molecule has 25 heavy (non-hydrogen) atoms. The highest BCUT2D eigenvalue weighted by Crippen LogP contribution is 2.21. The van der Waals surface area contributed by atoms with Crippen molar-refractivity contribution in [2.45, 2.75) is 19.1 Å². The van der Waals surface area contributed by atoms with E-state index in [0.717, 1.165) is 12.0 Å². The lowest BCUT2D eigenvalue weighted by Crippen LogP contribution is -2.34. The van der Waals surface area contributed by atoms with Crippen LogP contribution in [0.5, 0.6) is 17.2 Å². The number of phenolic OH excluding ortho intramolecular Hbond substituents is 1. The Labute approximate surface area is 146 Å². The van der Waals surface area contributed by atoms with Crippen LogP contribution < -0.4 is 9.47 Å². The molecule has 0 radical (unpaired) electrons. The molecule has 3 rings (SSSR count). The predicted octanol–water partition coefficient (Wildman–Crippen LogP) is 1.94. The second kappa shape index (κ2) is 7.90. The Bertz CT molecular complexity index is 699. The predicted molar refractivity (Wildman–Crippen MR) is 91.6 cm³/mol. The molecule has 1 aliphatic rings. The van der Waals surface area contributed by atoms with E-state index in [2.05, 4.69) is 0 Å². The van der Waals surface area contributed by atoms with Crippen LogP contribution in [0.1, 0.15) is 12.0 Å². The number of likely N-dealkylation sites (tertiary alicyclic amines) is 1. The summed E-state index contributed by atoms with van der Waals surface area (Å²) in [5, 5.41) is 18.3. The average Bonchev–Trinajstić information content (AvgIpc) is 3.10. The van der Waals surface area contributed by atoms with Crippen molar-refractivity contribution in [3.8, 4) is 17.2 Å². The molecule has 1 saturated heterocycles. The van der Waals surface area contributed by atoms with Gasteiger partial charge in [-0.3, -0.25) is 4.79 Å². The normalized spacial score (nSPS) is 16.7. The smallest absolute Gasteiger partial charge is 0.260 e. The lowest BCUT2D eigenvalue weighted by molar-refractivity contribution is -0.132. The standard InChI is InChI=1S/C19H21NO5/c21-12-14-1-5-16(6-2-14)24-13-19(23)20-10-9-18(11-20)25-17-7-3-15(22)4-8-17/h1-8,18,21-22H,9-13H2. The van der Waals surface area contributed by atoms with Gasteiger partial charge in [0.1, 0.15) is 23.4 Å². The number of amides is 1. The summed E-state index contributed by atoms with van der Waals surface area (Å²) >= 11 is 0. The van der Waals surface area contributed by atoms with E-state index in [4.69, 9.17) is 14.6 Å². The van der Waals surface area contributed by atoms with E-state index >= 15 is 0 Å². The Kier molecular flexibility index (Phi) is 5.40. The second-order valence-electron chi connectivity index (χ2n) is 5.95. The lowest BCUT2D eigenvalue weighted by Gasteiger charge is -2.17. The Morgan fingerprint density at radius 3 is 2.44 bits per heavy atom. The third-order valence-electron chi connectivity index (χ3n) is 4.11. The molecule has 2 aromatic rings. The maximum Gasteiger partial charge on any atom is 0.260 e. The van der Waals surface area contributed by atoms with Gasteiger partial charge in [0.2, 0.25) is 0 Å². The Morgan fingerprint density at radius 1 is 1.08 bits per heavy atom. The van der Waals surface area contributed by atoms with E-state index < -0.39 is 0 Å². The molecule has 1 unspecified atom stereocenters. The number of hydrogen-bond donors (Lipinski definition) is 2. The fraction of sp³-hybridized carbons (Fsp3) is 0.316. The third kappa shape index (κ3) is 4.64. The molecule has 1 aliphatic heterocycles. The summed E-state index contributed by atoms with van der Waals surface area (Å²) in [4.78, 5) is 14.0. The van der Waals surface area contributed by atoms with Gasteiger partial charge in [-0.15, -0.1) is 0 Å². The van der Waals surface area contributed by atoms with Crippen LogP contribution >= 0.6 is 0 Å². The van der Waals surface area contributed by atoms with Gasteiger partial charge in [0.25, 0.3) is 5.91 Å². The van der Waals surface area contributed by atoms with Gasteiger partial charge in [-0.25, -0.2) is 0 Å². The van der Waals surface area contributed by atoms with E-state index in [9.17, 15) is 9.90 Å². The molecule has 0 aliphatic carbocycles. The highest BCUT2D eigenvalue weighted by atomic mass is 16.5. The van der Waals surface area contributed by atoms with Gasteiger partial charge in [-0.05, 0) is 42.0 Å². The van der Waals surface area contributed by atoms with Crippen LogP contribution in [0.4, 0.5) is 0 Å². The Hall–Kier alpha value is -2.73. The summed E-state index contributed by atoms with van der Waals surface area (Å²) in [5.74, 6) is 1.39. The Morgan fingerprint density at radius 2 is 1.76 bits per heavy atom. The molecule has 0 aromatic heterocycles. The fourth-order valence-corrected chi connectivity index (χ4v) is 2.70. The lowest BCUT2D eigenvalue weighted by atomic mass is 10.2. The van der Waals surface area contributed by atoms with E-state index in [0.29, 0.717) is 24.6 Å². The van der Waals surface area contributed by atoms with E-state index in [-0.39, 0.29) is 31.0 Å². The van der Waals surface area contributed by atoms with Crippen molar-refractivity contribution < 1.29 is 24.5 Å². The van der Waals surface area contributed by atoms with Crippen molar-refractivity contribution in [2.24, 2.45) is 0 Å². The highest BCUT2D eigenvalue weighted by Gasteiger charge is 2.27. The number of rotatable bonds is 6. The number of hydrogen-bond acceptors (Lipinski definition) is 5. The Balaban J connectivity index is 1.46. The quantitative estimate of drug-likeness (QED) is 0.838. The molecule has 6 nitrogen and oxygen atoms in total. The first-order valence-corrected chi connectivity index (χ1v) is 8.20. The number of carbonyl (C=O) groups is 1. The SMILES string of the molecule is O=C(COc1ccc(CO)cc1)N1CCC(Oc2ccc(O)cc2)C1. The minimum atomic E-state index is -0.0805. The van der Waals surface area contributed by atoms with Crippen LogP contribution in [-0.4, -0.2) is 46.8 Å². The van der Waals surface area contributed by atoms with Crippen molar-refractivity contribution in [1.82, 2.24) is 4.90 Å². The molecule has 0 spiro atoms. The molecule has 0 bridgehead atoms. The topological polar surface area (TPSA) is 79.2 Å². The van der Waals surface area contributed by atoms with Crippen molar-refractivity contribution in [2.75, 3.05) is 19.7 Å². The van der Waals surface area contributed by atoms with E-state index in [1.54, 1.807) is 53.4 Å². The third-order valence-corrected chi connectivity index (χ3v) is 4.11. The first-order chi connectivity index (χ1) is 12.1. The van der Waals surface area contributed by atoms with Crippen LogP contribution in [0.25, 0.3) is 0 Å². The molecule has 1 amide bonds. The summed E-state index contributed by atoms with van der Waals surface area (Å²) in [7, 11) is 0. The summed E-state index contributed by atoms with van der Waals surface area (Å²) in [6.45, 7) is 1.11. The zero-order valence-electron chi connectivity index (χ0n) is 13.8. The van der Waals surface area contributed by atoms with Gasteiger partial charge in [-0.2, -0.15) is 0 Å². The molecular formula is C19H21NO5. The number of nitrogens with zero attached hydrogens (tertiary/aromatic N) is 1. The number of carbonyl (C=O) groups excluding carboxylic acids is 1. The molecule has 6 heteroatoms. The maximum atomic E-state index is 12.3. The first-order valence-electron chi connectivity index (χ1n) is 8.20. The molecular weight excluding hydrogens is 322 g/mol. The summed E-state index contributed by atoms with van der Waals surface area (Å²) in [6.07, 6.45) is 0.704. The van der Waals surface area contributed by atoms with Gasteiger partial charge >= 0.3 is 0 Å². The van der Waals surface area contributed by atoms with Crippen LogP contribution in [0.3, 0.4) is 0 Å². The first kappa shape index (κ1) is 17.1. The molecule has 2 aromatic carbocycles. The summed E-state index contributed by atoms with van der Waals surface area (Å²) in [5.41, 5.74) is 0.799. The van der Waals surface area contributed by atoms with Crippen molar-refractivity contribution in [3.63, 3.8) is 0 Å². The van der Waals surface area contributed by atoms with Crippen LogP contribution in [0.15, 0.2) is 48.5 Å². The summed E-state index contributed by atoms with van der Waals surface area (Å²) in [6, 6.07) is 13.6. The second-order valence-corrected chi connectivity index (χ2v) is 5.95. The summed E-state index contributed by atoms with van der Waals surface area (Å²) < 4.78 is 11.3. The monoisotopic (exact) mass is 343 g/mol. The van der Waals surface area contributed by atoms with Gasteiger partial charge in [0, 0.05) is 13.0 Å². The number of phenols is 1. The number of benzene rings is 2. The molecule has 1 heterocycles. The number of aliphatic hydroxyl groups excluding tert-OH is 1.